The van der Waals surface area contributed by atoms with Gasteiger partial charge in [0, 0.05) is 11.8 Å². The van der Waals surface area contributed by atoms with Crippen LogP contribution in [0, 0.1) is 49.0 Å². The molecule has 3 rings (SSSR count). The lowest BCUT2D eigenvalue weighted by molar-refractivity contribution is -0.394. The van der Waals surface area contributed by atoms with Gasteiger partial charge in [0.2, 0.25) is 5.75 Å². The Morgan fingerprint density at radius 2 is 1.73 bits per heavy atom. The number of carbonyl (C=O) groups excluding carboxylic acids is 1. The molecule has 0 aliphatic rings. The molecule has 0 unspecified atom stereocenters. The molecule has 3 aromatic carbocycles. The number of carbonyl (C=O) groups is 1. The van der Waals surface area contributed by atoms with Gasteiger partial charge in [-0.05, 0) is 77.4 Å². The lowest BCUT2D eigenvalue weighted by atomic mass is 10.1. The minimum atomic E-state index is -0.785. The number of rotatable bonds is 8. The number of anilines is 1. The molecule has 0 aromatic heterocycles. The van der Waals surface area contributed by atoms with E-state index in [0.717, 1.165) is 29.3 Å². The molecule has 0 fully saturated rings. The molecular weight excluding hydrogens is 595 g/mol. The van der Waals surface area contributed by atoms with E-state index in [9.17, 15) is 30.3 Å². The minimum Gasteiger partial charge on any atom is -0.493 e. The molecule has 0 saturated heterocycles. The highest BCUT2D eigenvalue weighted by Crippen LogP contribution is 2.41. The Bertz CT molecular complexity index is 1470. The topological polar surface area (TPSA) is 158 Å². The molecule has 12 heteroatoms. The maximum atomic E-state index is 12.8. The van der Waals surface area contributed by atoms with Gasteiger partial charge in [0.15, 0.2) is 11.5 Å². The number of nitro benzene ring substituents is 2. The summed E-state index contributed by atoms with van der Waals surface area (Å²) in [6.07, 6.45) is 1.38. The summed E-state index contributed by atoms with van der Waals surface area (Å²) in [5, 5.41) is 34.8. The van der Waals surface area contributed by atoms with Crippen molar-refractivity contribution in [2.75, 3.05) is 12.4 Å². The van der Waals surface area contributed by atoms with Gasteiger partial charge in [-0.2, -0.15) is 5.26 Å². The smallest absolute Gasteiger partial charge is 0.318 e. The zero-order chi connectivity index (χ0) is 27.3. The van der Waals surface area contributed by atoms with Crippen LogP contribution in [0.3, 0.4) is 0 Å². The number of aryl methyl sites for hydroxylation is 2. The van der Waals surface area contributed by atoms with Gasteiger partial charge >= 0.3 is 5.69 Å². The standard InChI is InChI=1S/C25H19IN4O7/c1-14-5-4-6-15(2)23(14)28-25(31)17(13-27)9-16-10-19(26)24(22(11-16)36-3)37-21-8-7-18(29(32)33)12-20(21)30(34)35/h4-12H,1-3H3,(H,28,31)/b17-9-. The van der Waals surface area contributed by atoms with Gasteiger partial charge in [-0.1, -0.05) is 18.2 Å². The zero-order valence-corrected chi connectivity index (χ0v) is 21.9. The van der Waals surface area contributed by atoms with Crippen LogP contribution in [0.1, 0.15) is 16.7 Å². The van der Waals surface area contributed by atoms with Crippen molar-refractivity contribution in [3.05, 3.63) is 94.6 Å². The largest absolute Gasteiger partial charge is 0.493 e. The number of nitro groups is 2. The van der Waals surface area contributed by atoms with Crippen LogP contribution in [0.15, 0.2) is 54.1 Å². The fourth-order valence-corrected chi connectivity index (χ4v) is 4.12. The van der Waals surface area contributed by atoms with E-state index in [4.69, 9.17) is 9.47 Å². The molecular formula is C25H19IN4O7. The van der Waals surface area contributed by atoms with E-state index in [2.05, 4.69) is 5.32 Å². The fourth-order valence-electron chi connectivity index (χ4n) is 3.39. The van der Waals surface area contributed by atoms with Gasteiger partial charge in [0.05, 0.1) is 26.6 Å². The highest BCUT2D eigenvalue weighted by molar-refractivity contribution is 14.1. The van der Waals surface area contributed by atoms with Gasteiger partial charge < -0.3 is 14.8 Å². The van der Waals surface area contributed by atoms with E-state index in [1.54, 1.807) is 6.07 Å². The monoisotopic (exact) mass is 614 g/mol. The summed E-state index contributed by atoms with van der Waals surface area (Å²) in [6, 6.07) is 13.6. The SMILES string of the molecule is COc1cc(/C=C(/C#N)C(=O)Nc2c(C)cccc2C)cc(I)c1Oc1ccc([N+](=O)[O-])cc1[N+](=O)[O-]. The van der Waals surface area contributed by atoms with E-state index < -0.39 is 27.1 Å². The van der Waals surface area contributed by atoms with E-state index in [1.807, 2.05) is 60.7 Å². The number of non-ortho nitro benzene ring substituents is 1. The van der Waals surface area contributed by atoms with Gasteiger partial charge in [0.25, 0.3) is 11.6 Å². The van der Waals surface area contributed by atoms with Crippen LogP contribution in [0.5, 0.6) is 17.2 Å². The third kappa shape index (κ3) is 6.19. The van der Waals surface area contributed by atoms with Crippen LogP contribution >= 0.6 is 22.6 Å². The second kappa shape index (κ2) is 11.5. The average molecular weight is 614 g/mol. The number of benzene rings is 3. The number of hydrogen-bond acceptors (Lipinski definition) is 8. The Morgan fingerprint density at radius 1 is 1.05 bits per heavy atom. The van der Waals surface area contributed by atoms with Crippen molar-refractivity contribution in [3.63, 3.8) is 0 Å². The summed E-state index contributed by atoms with van der Waals surface area (Å²) in [7, 11) is 1.36. The lowest BCUT2D eigenvalue weighted by Crippen LogP contribution is -2.15. The van der Waals surface area contributed by atoms with Crippen molar-refractivity contribution >= 4 is 51.6 Å². The molecule has 0 spiro atoms. The molecule has 0 saturated carbocycles. The molecule has 0 aliphatic heterocycles. The van der Waals surface area contributed by atoms with Crippen molar-refractivity contribution < 1.29 is 24.1 Å². The number of amides is 1. The number of methoxy groups -OCH3 is 1. The van der Waals surface area contributed by atoms with Crippen molar-refractivity contribution in [1.29, 1.82) is 5.26 Å². The number of para-hydroxylation sites is 1. The van der Waals surface area contributed by atoms with Gasteiger partial charge in [-0.25, -0.2) is 0 Å². The van der Waals surface area contributed by atoms with E-state index in [-0.39, 0.29) is 22.8 Å². The summed E-state index contributed by atoms with van der Waals surface area (Å²) in [5.74, 6) is -0.523. The summed E-state index contributed by atoms with van der Waals surface area (Å²) in [5.41, 5.74) is 1.57. The first-order valence-corrected chi connectivity index (χ1v) is 11.6. The van der Waals surface area contributed by atoms with E-state index in [0.29, 0.717) is 14.8 Å². The maximum Gasteiger partial charge on any atom is 0.318 e. The Hall–Kier alpha value is -4.51. The Kier molecular flexibility index (Phi) is 8.41. The average Bonchev–Trinajstić information content (AvgIpc) is 2.85. The molecule has 0 atom stereocenters. The molecule has 0 aliphatic carbocycles. The third-order valence-corrected chi connectivity index (χ3v) is 6.01. The van der Waals surface area contributed by atoms with Crippen LogP contribution in [-0.4, -0.2) is 22.9 Å². The molecule has 0 bridgehead atoms. The number of nitrogens with one attached hydrogen (secondary N) is 1. The number of nitriles is 1. The normalized spacial score (nSPS) is 10.8. The Labute approximate surface area is 224 Å². The second-order valence-electron chi connectivity index (χ2n) is 7.69. The summed E-state index contributed by atoms with van der Waals surface area (Å²) < 4.78 is 11.6. The van der Waals surface area contributed by atoms with Crippen molar-refractivity contribution in [2.45, 2.75) is 13.8 Å². The minimum absolute atomic E-state index is 0.121. The Balaban J connectivity index is 1.97. The van der Waals surface area contributed by atoms with Crippen LogP contribution in [0.4, 0.5) is 17.1 Å². The highest BCUT2D eigenvalue weighted by Gasteiger charge is 2.23. The number of halogens is 1. The predicted molar refractivity (Wildman–Crippen MR) is 144 cm³/mol. The number of ether oxygens (including phenoxy) is 2. The van der Waals surface area contributed by atoms with Gasteiger partial charge in [-0.15, -0.1) is 0 Å². The van der Waals surface area contributed by atoms with Crippen molar-refractivity contribution in [3.8, 4) is 23.3 Å². The first kappa shape index (κ1) is 27.1. The van der Waals surface area contributed by atoms with Gasteiger partial charge in [0.1, 0.15) is 11.6 Å². The first-order chi connectivity index (χ1) is 17.5. The second-order valence-corrected chi connectivity index (χ2v) is 8.86. The van der Waals surface area contributed by atoms with Crippen LogP contribution in [-0.2, 0) is 4.79 Å². The fraction of sp³-hybridized carbons (Fsp3) is 0.120. The zero-order valence-electron chi connectivity index (χ0n) is 19.8. The summed E-state index contributed by atoms with van der Waals surface area (Å²) in [6.45, 7) is 3.69. The Morgan fingerprint density at radius 3 is 2.30 bits per heavy atom. The molecule has 1 N–H and O–H groups in total. The molecule has 0 radical (unpaired) electrons. The summed E-state index contributed by atoms with van der Waals surface area (Å²) >= 11 is 1.92. The van der Waals surface area contributed by atoms with E-state index in [1.165, 1.54) is 19.3 Å². The lowest BCUT2D eigenvalue weighted by Gasteiger charge is -2.14. The highest BCUT2D eigenvalue weighted by atomic mass is 127. The van der Waals surface area contributed by atoms with Crippen LogP contribution in [0.2, 0.25) is 0 Å². The summed E-state index contributed by atoms with van der Waals surface area (Å²) in [4.78, 5) is 33.7. The van der Waals surface area contributed by atoms with Crippen LogP contribution in [0.25, 0.3) is 6.08 Å². The van der Waals surface area contributed by atoms with Crippen molar-refractivity contribution in [1.82, 2.24) is 0 Å². The van der Waals surface area contributed by atoms with Crippen LogP contribution < -0.4 is 14.8 Å². The molecule has 1 amide bonds. The van der Waals surface area contributed by atoms with Gasteiger partial charge in [-0.3, -0.25) is 25.0 Å². The molecule has 188 valence electrons. The molecule has 11 nitrogen and oxygen atoms in total. The van der Waals surface area contributed by atoms with E-state index >= 15 is 0 Å². The molecule has 0 heterocycles. The third-order valence-electron chi connectivity index (χ3n) is 5.21. The number of nitrogens with zero attached hydrogens (tertiary/aromatic N) is 3. The van der Waals surface area contributed by atoms with Crippen molar-refractivity contribution in [2.24, 2.45) is 0 Å². The predicted octanol–water partition coefficient (Wildman–Crippen LogP) is 6.07. The number of hydrogen-bond donors (Lipinski definition) is 1. The molecule has 37 heavy (non-hydrogen) atoms. The molecule has 3 aromatic rings. The first-order valence-electron chi connectivity index (χ1n) is 10.5. The quantitative estimate of drug-likeness (QED) is 0.105. The maximum absolute atomic E-state index is 12.8.